The number of nitrogens with zero attached hydrogens (tertiary/aromatic N) is 4. The van der Waals surface area contributed by atoms with E-state index in [1.165, 1.54) is 21.9 Å². The monoisotopic (exact) mass is 378 g/mol. The number of ether oxygens (including phenoxy) is 1. The number of benzene rings is 2. The predicted molar refractivity (Wildman–Crippen MR) is 108 cm³/mol. The standard InChI is InChI=1S/C20H18N4O2S/c1-23(13-14-8-10-16(26-2)11-9-14)17-12-18(25)24-20(21-17)27-19(22-24)15-6-4-3-5-7-15/h3-12H,13H2,1-2H3. The van der Waals surface area contributed by atoms with E-state index in [2.05, 4.69) is 10.1 Å². The van der Waals surface area contributed by atoms with E-state index in [0.717, 1.165) is 21.9 Å². The van der Waals surface area contributed by atoms with Gasteiger partial charge < -0.3 is 9.64 Å². The largest absolute Gasteiger partial charge is 0.497 e. The van der Waals surface area contributed by atoms with Crippen LogP contribution in [0.4, 0.5) is 5.82 Å². The summed E-state index contributed by atoms with van der Waals surface area (Å²) in [7, 11) is 3.56. The highest BCUT2D eigenvalue weighted by Gasteiger charge is 2.13. The number of hydrogen-bond acceptors (Lipinski definition) is 6. The van der Waals surface area contributed by atoms with E-state index in [4.69, 9.17) is 4.74 Å². The fourth-order valence-corrected chi connectivity index (χ4v) is 3.68. The van der Waals surface area contributed by atoms with Crippen LogP contribution in [0.5, 0.6) is 5.75 Å². The fourth-order valence-electron chi connectivity index (χ4n) is 2.78. The smallest absolute Gasteiger partial charge is 0.277 e. The second-order valence-corrected chi connectivity index (χ2v) is 7.08. The van der Waals surface area contributed by atoms with Gasteiger partial charge in [0.25, 0.3) is 5.56 Å². The van der Waals surface area contributed by atoms with Gasteiger partial charge in [-0.2, -0.15) is 9.61 Å². The summed E-state index contributed by atoms with van der Waals surface area (Å²) in [6, 6.07) is 19.2. The van der Waals surface area contributed by atoms with Gasteiger partial charge in [-0.15, -0.1) is 0 Å². The lowest BCUT2D eigenvalue weighted by molar-refractivity contribution is 0.414. The molecule has 0 spiro atoms. The zero-order valence-electron chi connectivity index (χ0n) is 15.0. The van der Waals surface area contributed by atoms with Crippen molar-refractivity contribution < 1.29 is 4.74 Å². The van der Waals surface area contributed by atoms with Gasteiger partial charge in [-0.3, -0.25) is 4.79 Å². The third kappa shape index (κ3) is 3.54. The Morgan fingerprint density at radius 1 is 1.11 bits per heavy atom. The van der Waals surface area contributed by atoms with Gasteiger partial charge >= 0.3 is 0 Å². The average Bonchev–Trinajstić information content (AvgIpc) is 3.14. The van der Waals surface area contributed by atoms with Crippen LogP contribution in [0.15, 0.2) is 65.5 Å². The molecule has 0 amide bonds. The second kappa shape index (κ2) is 7.20. The quantitative estimate of drug-likeness (QED) is 0.532. The minimum Gasteiger partial charge on any atom is -0.497 e. The number of hydrogen-bond donors (Lipinski definition) is 0. The van der Waals surface area contributed by atoms with Crippen LogP contribution in [-0.4, -0.2) is 28.8 Å². The van der Waals surface area contributed by atoms with E-state index in [-0.39, 0.29) is 5.56 Å². The second-order valence-electron chi connectivity index (χ2n) is 6.12. The van der Waals surface area contributed by atoms with Crippen LogP contribution in [0.2, 0.25) is 0 Å². The molecular weight excluding hydrogens is 360 g/mol. The lowest BCUT2D eigenvalue weighted by atomic mass is 10.2. The van der Waals surface area contributed by atoms with Crippen molar-refractivity contribution in [3.05, 3.63) is 76.6 Å². The van der Waals surface area contributed by atoms with Crippen molar-refractivity contribution in [3.8, 4) is 16.3 Å². The number of anilines is 1. The summed E-state index contributed by atoms with van der Waals surface area (Å²) in [6.07, 6.45) is 0. The van der Waals surface area contributed by atoms with E-state index in [1.807, 2.05) is 66.5 Å². The Balaban J connectivity index is 1.64. The van der Waals surface area contributed by atoms with Crippen molar-refractivity contribution in [1.82, 2.24) is 14.6 Å². The average molecular weight is 378 g/mol. The Hall–Kier alpha value is -3.19. The lowest BCUT2D eigenvalue weighted by Crippen LogP contribution is -2.22. The number of aromatic nitrogens is 3. The summed E-state index contributed by atoms with van der Waals surface area (Å²) in [5.41, 5.74) is 1.89. The van der Waals surface area contributed by atoms with Crippen LogP contribution in [0.1, 0.15) is 5.56 Å². The maximum absolute atomic E-state index is 12.5. The summed E-state index contributed by atoms with van der Waals surface area (Å²) in [5, 5.41) is 5.19. The molecule has 6 nitrogen and oxygen atoms in total. The van der Waals surface area contributed by atoms with Crippen molar-refractivity contribution >= 4 is 22.1 Å². The lowest BCUT2D eigenvalue weighted by Gasteiger charge is -2.18. The maximum Gasteiger partial charge on any atom is 0.277 e. The zero-order chi connectivity index (χ0) is 18.8. The normalized spacial score (nSPS) is 10.9. The highest BCUT2D eigenvalue weighted by Crippen LogP contribution is 2.25. The minimum atomic E-state index is -0.185. The van der Waals surface area contributed by atoms with Gasteiger partial charge in [0.05, 0.1) is 7.11 Å². The summed E-state index contributed by atoms with van der Waals surface area (Å²) < 4.78 is 6.54. The SMILES string of the molecule is COc1ccc(CN(C)c2cc(=O)n3nc(-c4ccccc4)sc3n2)cc1. The molecule has 0 saturated carbocycles. The molecule has 2 aromatic carbocycles. The van der Waals surface area contributed by atoms with Crippen molar-refractivity contribution in [2.45, 2.75) is 6.54 Å². The molecular formula is C20H18N4O2S. The van der Waals surface area contributed by atoms with Crippen LogP contribution in [-0.2, 0) is 6.54 Å². The van der Waals surface area contributed by atoms with Crippen molar-refractivity contribution in [1.29, 1.82) is 0 Å². The molecule has 4 aromatic rings. The van der Waals surface area contributed by atoms with E-state index in [1.54, 1.807) is 7.11 Å². The number of methoxy groups -OCH3 is 1. The number of fused-ring (bicyclic) bond motifs is 1. The van der Waals surface area contributed by atoms with E-state index >= 15 is 0 Å². The van der Waals surface area contributed by atoms with Crippen molar-refractivity contribution in [3.63, 3.8) is 0 Å². The summed E-state index contributed by atoms with van der Waals surface area (Å²) in [6.45, 7) is 0.636. The van der Waals surface area contributed by atoms with Crippen LogP contribution in [0.3, 0.4) is 0 Å². The van der Waals surface area contributed by atoms with Crippen LogP contribution in [0.25, 0.3) is 15.5 Å². The van der Waals surface area contributed by atoms with Gasteiger partial charge in [0, 0.05) is 25.2 Å². The Kier molecular flexibility index (Phi) is 4.60. The Labute approximate surface area is 160 Å². The Morgan fingerprint density at radius 2 is 1.85 bits per heavy atom. The Bertz CT molecular complexity index is 1120. The van der Waals surface area contributed by atoms with Crippen molar-refractivity contribution in [2.75, 3.05) is 19.1 Å². The van der Waals surface area contributed by atoms with E-state index in [0.29, 0.717) is 17.3 Å². The molecule has 2 heterocycles. The summed E-state index contributed by atoms with van der Waals surface area (Å²) in [5.74, 6) is 1.44. The molecule has 27 heavy (non-hydrogen) atoms. The van der Waals surface area contributed by atoms with E-state index in [9.17, 15) is 4.79 Å². The van der Waals surface area contributed by atoms with Gasteiger partial charge in [-0.1, -0.05) is 53.8 Å². The van der Waals surface area contributed by atoms with Gasteiger partial charge in [0.1, 0.15) is 16.6 Å². The van der Waals surface area contributed by atoms with Gasteiger partial charge in [-0.25, -0.2) is 4.98 Å². The van der Waals surface area contributed by atoms with Crippen LogP contribution >= 0.6 is 11.3 Å². The molecule has 0 fully saturated rings. The molecule has 0 radical (unpaired) electrons. The molecule has 0 aliphatic rings. The maximum atomic E-state index is 12.5. The Morgan fingerprint density at radius 3 is 2.56 bits per heavy atom. The summed E-state index contributed by atoms with van der Waals surface area (Å²) >= 11 is 1.40. The molecule has 0 N–H and O–H groups in total. The van der Waals surface area contributed by atoms with Gasteiger partial charge in [-0.05, 0) is 17.7 Å². The van der Waals surface area contributed by atoms with Crippen molar-refractivity contribution in [2.24, 2.45) is 0 Å². The minimum absolute atomic E-state index is 0.185. The molecule has 7 heteroatoms. The molecule has 0 aliphatic carbocycles. The van der Waals surface area contributed by atoms with Crippen LogP contribution < -0.4 is 15.2 Å². The van der Waals surface area contributed by atoms with Gasteiger partial charge in [0.15, 0.2) is 0 Å². The predicted octanol–water partition coefficient (Wildman–Crippen LogP) is 3.46. The highest BCUT2D eigenvalue weighted by atomic mass is 32.1. The van der Waals surface area contributed by atoms with Gasteiger partial charge in [0.2, 0.25) is 4.96 Å². The fraction of sp³-hybridized carbons (Fsp3) is 0.150. The molecule has 2 aromatic heterocycles. The van der Waals surface area contributed by atoms with Crippen LogP contribution in [0, 0.1) is 0 Å². The molecule has 136 valence electrons. The molecule has 0 unspecified atom stereocenters. The molecule has 4 rings (SSSR count). The topological polar surface area (TPSA) is 59.7 Å². The first-order valence-electron chi connectivity index (χ1n) is 8.44. The molecule has 0 saturated heterocycles. The first-order chi connectivity index (χ1) is 13.1. The first-order valence-corrected chi connectivity index (χ1v) is 9.26. The molecule has 0 bridgehead atoms. The number of rotatable bonds is 5. The van der Waals surface area contributed by atoms with E-state index < -0.39 is 0 Å². The first kappa shape index (κ1) is 17.2. The third-order valence-electron chi connectivity index (χ3n) is 4.22. The highest BCUT2D eigenvalue weighted by molar-refractivity contribution is 7.19. The molecule has 0 aliphatic heterocycles. The third-order valence-corrected chi connectivity index (χ3v) is 5.18. The zero-order valence-corrected chi connectivity index (χ0v) is 15.8. The summed E-state index contributed by atoms with van der Waals surface area (Å²) in [4.78, 5) is 19.7. The molecule has 0 atom stereocenters.